The maximum atomic E-state index is 10.6. The van der Waals surface area contributed by atoms with Crippen molar-refractivity contribution in [2.45, 2.75) is 69.5 Å². The molecule has 21 heavy (non-hydrogen) atoms. The van der Waals surface area contributed by atoms with E-state index >= 15 is 0 Å². The Kier molecular flexibility index (Phi) is 3.34. The van der Waals surface area contributed by atoms with Gasteiger partial charge in [-0.15, -0.1) is 0 Å². The van der Waals surface area contributed by atoms with Crippen molar-refractivity contribution >= 4 is 15.9 Å². The summed E-state index contributed by atoms with van der Waals surface area (Å²) in [6.45, 7) is 0. The van der Waals surface area contributed by atoms with Gasteiger partial charge >= 0.3 is 0 Å². The first-order valence-corrected chi connectivity index (χ1v) is 9.06. The molecule has 1 atom stereocenters. The fourth-order valence-electron chi connectivity index (χ4n) is 4.78. The average Bonchev–Trinajstić information content (AvgIpc) is 2.93. The van der Waals surface area contributed by atoms with Crippen LogP contribution in [0.25, 0.3) is 0 Å². The van der Waals surface area contributed by atoms with E-state index in [1.54, 1.807) is 0 Å². The summed E-state index contributed by atoms with van der Waals surface area (Å²) in [6.07, 6.45) is 10.8. The van der Waals surface area contributed by atoms with Crippen molar-refractivity contribution in [1.29, 1.82) is 0 Å². The smallest absolute Gasteiger partial charge is 0.126 e. The average molecular weight is 351 g/mol. The Balaban J connectivity index is 1.56. The normalized spacial score (nSPS) is 29.3. The lowest BCUT2D eigenvalue weighted by molar-refractivity contribution is -0.0622. The minimum Gasteiger partial charge on any atom is -0.487 e. The number of aliphatic hydroxyl groups is 1. The molecule has 1 aromatic rings. The van der Waals surface area contributed by atoms with Crippen LogP contribution in [0.5, 0.6) is 5.75 Å². The number of hydrogen-bond donors (Lipinski definition) is 1. The van der Waals surface area contributed by atoms with E-state index in [4.69, 9.17) is 4.74 Å². The van der Waals surface area contributed by atoms with E-state index in [0.717, 1.165) is 35.0 Å². The maximum absolute atomic E-state index is 10.6. The van der Waals surface area contributed by atoms with Crippen LogP contribution in [0.2, 0.25) is 0 Å². The third-order valence-corrected chi connectivity index (χ3v) is 6.60. The minimum atomic E-state index is -0.385. The summed E-state index contributed by atoms with van der Waals surface area (Å²) in [5.74, 6) is 0.888. The van der Waals surface area contributed by atoms with Crippen LogP contribution in [0, 0.1) is 5.41 Å². The zero-order valence-corrected chi connectivity index (χ0v) is 14.0. The van der Waals surface area contributed by atoms with Crippen molar-refractivity contribution in [3.63, 3.8) is 0 Å². The standard InChI is InChI=1S/C18H23BrO2/c19-13-3-4-16-14(11-13)15(20)12-18(21-16)9-7-17(8-10-18)5-1-2-6-17/h3-4,11,15,20H,1-2,5-10,12H2/t15-/m1/s1. The second-order valence-corrected chi connectivity index (χ2v) is 8.31. The van der Waals surface area contributed by atoms with Gasteiger partial charge in [-0.25, -0.2) is 0 Å². The molecule has 2 fully saturated rings. The third kappa shape index (κ3) is 2.43. The van der Waals surface area contributed by atoms with Crippen LogP contribution in [-0.2, 0) is 0 Å². The summed E-state index contributed by atoms with van der Waals surface area (Å²) in [7, 11) is 0. The Hall–Kier alpha value is -0.540. The van der Waals surface area contributed by atoms with E-state index in [-0.39, 0.29) is 11.7 Å². The highest BCUT2D eigenvalue weighted by atomic mass is 79.9. The fourth-order valence-corrected chi connectivity index (χ4v) is 5.16. The van der Waals surface area contributed by atoms with Gasteiger partial charge in [0.2, 0.25) is 0 Å². The highest BCUT2D eigenvalue weighted by Crippen LogP contribution is 2.55. The second kappa shape index (κ2) is 4.99. The molecule has 1 aromatic carbocycles. The first-order chi connectivity index (χ1) is 10.1. The number of rotatable bonds is 0. The molecule has 0 radical (unpaired) electrons. The molecule has 0 unspecified atom stereocenters. The lowest BCUT2D eigenvalue weighted by atomic mass is 9.65. The second-order valence-electron chi connectivity index (χ2n) is 7.39. The Morgan fingerprint density at radius 2 is 1.76 bits per heavy atom. The summed E-state index contributed by atoms with van der Waals surface area (Å²) < 4.78 is 7.42. The molecule has 2 spiro atoms. The molecule has 0 bridgehead atoms. The molecule has 2 aliphatic carbocycles. The van der Waals surface area contributed by atoms with Crippen molar-refractivity contribution in [1.82, 2.24) is 0 Å². The minimum absolute atomic E-state index is 0.117. The summed E-state index contributed by atoms with van der Waals surface area (Å²) in [5, 5.41) is 10.6. The molecule has 0 amide bonds. The van der Waals surface area contributed by atoms with Crippen molar-refractivity contribution in [2.75, 3.05) is 0 Å². The van der Waals surface area contributed by atoms with Gasteiger partial charge in [0.05, 0.1) is 6.10 Å². The number of fused-ring (bicyclic) bond motifs is 1. The molecule has 3 aliphatic rings. The van der Waals surface area contributed by atoms with Crippen LogP contribution >= 0.6 is 15.9 Å². The van der Waals surface area contributed by atoms with Gasteiger partial charge in [0, 0.05) is 16.5 Å². The molecule has 1 aliphatic heterocycles. The molecule has 1 N–H and O–H groups in total. The lowest BCUT2D eigenvalue weighted by Gasteiger charge is -2.48. The Morgan fingerprint density at radius 3 is 2.48 bits per heavy atom. The van der Waals surface area contributed by atoms with Gasteiger partial charge in [-0.3, -0.25) is 0 Å². The van der Waals surface area contributed by atoms with Crippen LogP contribution in [0.15, 0.2) is 22.7 Å². The number of halogens is 1. The molecular formula is C18H23BrO2. The van der Waals surface area contributed by atoms with Crippen LogP contribution < -0.4 is 4.74 Å². The monoisotopic (exact) mass is 350 g/mol. The summed E-state index contributed by atoms with van der Waals surface area (Å²) in [6, 6.07) is 6.00. The zero-order chi connectivity index (χ0) is 14.5. The van der Waals surface area contributed by atoms with Crippen molar-refractivity contribution in [2.24, 2.45) is 5.41 Å². The highest BCUT2D eigenvalue weighted by Gasteiger charge is 2.48. The summed E-state index contributed by atoms with van der Waals surface area (Å²) in [5.41, 5.74) is 1.43. The van der Waals surface area contributed by atoms with Crippen LogP contribution in [0.1, 0.15) is 69.5 Å². The Bertz CT molecular complexity index is 538. The van der Waals surface area contributed by atoms with E-state index in [2.05, 4.69) is 15.9 Å². The fraction of sp³-hybridized carbons (Fsp3) is 0.667. The lowest BCUT2D eigenvalue weighted by Crippen LogP contribution is -2.46. The predicted molar refractivity (Wildman–Crippen MR) is 86.4 cm³/mol. The van der Waals surface area contributed by atoms with Gasteiger partial charge in [0.1, 0.15) is 11.4 Å². The molecule has 2 nitrogen and oxygen atoms in total. The molecule has 0 aromatic heterocycles. The number of ether oxygens (including phenoxy) is 1. The molecule has 3 heteroatoms. The summed E-state index contributed by atoms with van der Waals surface area (Å²) >= 11 is 3.48. The van der Waals surface area contributed by atoms with Gasteiger partial charge in [-0.05, 0) is 62.1 Å². The Labute approximate surface area is 135 Å². The number of aliphatic hydroxyl groups excluding tert-OH is 1. The highest BCUT2D eigenvalue weighted by molar-refractivity contribution is 9.10. The number of hydrogen-bond acceptors (Lipinski definition) is 2. The molecule has 2 saturated carbocycles. The van der Waals surface area contributed by atoms with Gasteiger partial charge < -0.3 is 9.84 Å². The van der Waals surface area contributed by atoms with E-state index in [9.17, 15) is 5.11 Å². The molecular weight excluding hydrogens is 328 g/mol. The van der Waals surface area contributed by atoms with Crippen LogP contribution in [-0.4, -0.2) is 10.7 Å². The van der Waals surface area contributed by atoms with E-state index in [1.165, 1.54) is 38.5 Å². The SMILES string of the molecule is O[C@@H]1CC2(CCC3(CCCC3)CC2)Oc2ccc(Br)cc21. The van der Waals surface area contributed by atoms with Crippen molar-refractivity contribution in [3.05, 3.63) is 28.2 Å². The molecule has 114 valence electrons. The van der Waals surface area contributed by atoms with Gasteiger partial charge in [-0.1, -0.05) is 28.8 Å². The summed E-state index contributed by atoms with van der Waals surface area (Å²) in [4.78, 5) is 0. The molecule has 1 heterocycles. The van der Waals surface area contributed by atoms with E-state index in [1.807, 2.05) is 18.2 Å². The van der Waals surface area contributed by atoms with Crippen LogP contribution in [0.3, 0.4) is 0 Å². The molecule has 4 rings (SSSR count). The Morgan fingerprint density at radius 1 is 1.05 bits per heavy atom. The predicted octanol–water partition coefficient (Wildman–Crippen LogP) is 5.14. The van der Waals surface area contributed by atoms with Crippen LogP contribution in [0.4, 0.5) is 0 Å². The first kappa shape index (κ1) is 14.1. The topological polar surface area (TPSA) is 29.5 Å². The molecule has 0 saturated heterocycles. The maximum Gasteiger partial charge on any atom is 0.126 e. The van der Waals surface area contributed by atoms with Crippen molar-refractivity contribution in [3.8, 4) is 5.75 Å². The van der Waals surface area contributed by atoms with E-state index in [0.29, 0.717) is 5.41 Å². The van der Waals surface area contributed by atoms with Gasteiger partial charge in [0.15, 0.2) is 0 Å². The van der Waals surface area contributed by atoms with Crippen molar-refractivity contribution < 1.29 is 9.84 Å². The first-order valence-electron chi connectivity index (χ1n) is 8.27. The van der Waals surface area contributed by atoms with Gasteiger partial charge in [0.25, 0.3) is 0 Å². The zero-order valence-electron chi connectivity index (χ0n) is 12.4. The van der Waals surface area contributed by atoms with Gasteiger partial charge in [-0.2, -0.15) is 0 Å². The largest absolute Gasteiger partial charge is 0.487 e. The quantitative estimate of drug-likeness (QED) is 0.701. The van der Waals surface area contributed by atoms with E-state index < -0.39 is 0 Å². The number of benzene rings is 1. The third-order valence-electron chi connectivity index (χ3n) is 6.11.